The molecule has 0 spiro atoms. The normalized spacial score (nSPS) is 12.8. The molecule has 1 unspecified atom stereocenters. The van der Waals surface area contributed by atoms with Gasteiger partial charge in [-0.25, -0.2) is 0 Å². The van der Waals surface area contributed by atoms with Crippen molar-refractivity contribution in [2.45, 2.75) is 252 Å². The molecule has 0 amide bonds. The molecule has 6 nitrogen and oxygen atoms in total. The van der Waals surface area contributed by atoms with Gasteiger partial charge in [0.25, 0.3) is 0 Å². The van der Waals surface area contributed by atoms with Gasteiger partial charge in [0.15, 0.2) is 6.10 Å². The fraction of sp³-hybridized carbons (Fsp3) is 0.683. The Morgan fingerprint density at radius 2 is 0.606 bits per heavy atom. The highest BCUT2D eigenvalue weighted by Gasteiger charge is 2.19. The van der Waals surface area contributed by atoms with Crippen molar-refractivity contribution < 1.29 is 28.6 Å². The number of ether oxygens (including phenoxy) is 3. The molecule has 1 atom stereocenters. The summed E-state index contributed by atoms with van der Waals surface area (Å²) in [6.07, 6.45) is 71.1. The number of unbranched alkanes of at least 4 members (excludes halogenated alkanes) is 21. The Balaban J connectivity index is 4.51. The summed E-state index contributed by atoms with van der Waals surface area (Å²) in [7, 11) is 0. The minimum Gasteiger partial charge on any atom is -0.462 e. The van der Waals surface area contributed by atoms with Crippen LogP contribution in [0.15, 0.2) is 97.2 Å². The fourth-order valence-electron chi connectivity index (χ4n) is 7.25. The van der Waals surface area contributed by atoms with E-state index in [0.717, 1.165) is 96.3 Å². The highest BCUT2D eigenvalue weighted by Crippen LogP contribution is 2.14. The topological polar surface area (TPSA) is 78.9 Å². The zero-order valence-electron chi connectivity index (χ0n) is 42.9. The zero-order valence-corrected chi connectivity index (χ0v) is 42.9. The number of esters is 3. The van der Waals surface area contributed by atoms with Crippen LogP contribution in [0.25, 0.3) is 0 Å². The Kier molecular flexibility index (Phi) is 50.9. The van der Waals surface area contributed by atoms with Gasteiger partial charge in [0.05, 0.1) is 0 Å². The quantitative estimate of drug-likeness (QED) is 0.0262. The molecule has 0 rings (SSSR count). The maximum Gasteiger partial charge on any atom is 0.306 e. The number of carbonyl (C=O) groups is 3. The second kappa shape index (κ2) is 53.9. The van der Waals surface area contributed by atoms with E-state index in [9.17, 15) is 14.4 Å². The Bertz CT molecular complexity index is 1330. The molecule has 0 saturated heterocycles. The molecule has 0 aromatic heterocycles. The molecule has 0 aliphatic rings. The summed E-state index contributed by atoms with van der Waals surface area (Å²) in [5.74, 6) is -0.994. The summed E-state index contributed by atoms with van der Waals surface area (Å²) in [5.41, 5.74) is 0. The van der Waals surface area contributed by atoms with Crippen LogP contribution in [0.3, 0.4) is 0 Å². The first kappa shape index (κ1) is 62.3. The van der Waals surface area contributed by atoms with Crippen molar-refractivity contribution >= 4 is 17.9 Å². The van der Waals surface area contributed by atoms with E-state index in [1.807, 2.05) is 0 Å². The van der Waals surface area contributed by atoms with E-state index in [0.29, 0.717) is 19.3 Å². The molecule has 0 aromatic carbocycles. The van der Waals surface area contributed by atoms with E-state index < -0.39 is 6.10 Å². The molecule has 0 bridgehead atoms. The standard InChI is InChI=1S/C60H100O6/c1-4-7-10-13-16-19-22-25-27-29-30-32-33-35-38-41-44-47-50-53-59(62)65-56-57(55-64-58(61)52-49-46-43-40-37-24-21-18-15-12-9-6-3)66-60(63)54-51-48-45-42-39-36-34-31-28-26-23-20-17-14-11-8-5-2/h7,10,16,19,25-28,30,32,34-36,38,42,45,57H,4-6,8-9,11-15,17-18,20-24,29,31,33,37,39-41,43-44,46-56H2,1-3H3/b10-7-,19-16-,27-25-,28-26-,32-30-,36-34-,38-35-,45-42-. The van der Waals surface area contributed by atoms with E-state index in [-0.39, 0.29) is 37.5 Å². The zero-order chi connectivity index (χ0) is 47.9. The number of hydrogen-bond acceptors (Lipinski definition) is 6. The predicted molar refractivity (Wildman–Crippen MR) is 284 cm³/mol. The van der Waals surface area contributed by atoms with Crippen molar-refractivity contribution in [3.05, 3.63) is 97.2 Å². The van der Waals surface area contributed by atoms with Gasteiger partial charge >= 0.3 is 17.9 Å². The minimum atomic E-state index is -0.816. The average Bonchev–Trinajstić information content (AvgIpc) is 3.31. The Labute approximate surface area is 407 Å². The van der Waals surface area contributed by atoms with Gasteiger partial charge in [-0.05, 0) is 96.3 Å². The van der Waals surface area contributed by atoms with E-state index in [1.54, 1.807) is 0 Å². The van der Waals surface area contributed by atoms with E-state index >= 15 is 0 Å². The smallest absolute Gasteiger partial charge is 0.306 e. The second-order valence-corrected chi connectivity index (χ2v) is 17.8. The summed E-state index contributed by atoms with van der Waals surface area (Å²) in [6, 6.07) is 0. The summed E-state index contributed by atoms with van der Waals surface area (Å²) < 4.78 is 16.7. The van der Waals surface area contributed by atoms with E-state index in [1.165, 1.54) is 103 Å². The average molecular weight is 917 g/mol. The van der Waals surface area contributed by atoms with Gasteiger partial charge in [0, 0.05) is 19.3 Å². The van der Waals surface area contributed by atoms with Gasteiger partial charge in [-0.1, -0.05) is 227 Å². The lowest BCUT2D eigenvalue weighted by Gasteiger charge is -2.18. The maximum absolute atomic E-state index is 12.8. The molecule has 0 saturated carbocycles. The van der Waals surface area contributed by atoms with Crippen LogP contribution >= 0.6 is 0 Å². The highest BCUT2D eigenvalue weighted by molar-refractivity contribution is 5.71. The van der Waals surface area contributed by atoms with Crippen molar-refractivity contribution in [3.63, 3.8) is 0 Å². The molecule has 0 aliphatic heterocycles. The van der Waals surface area contributed by atoms with Crippen molar-refractivity contribution in [1.29, 1.82) is 0 Å². The molecule has 0 radical (unpaired) electrons. The molecule has 0 aliphatic carbocycles. The lowest BCUT2D eigenvalue weighted by Crippen LogP contribution is -2.30. The van der Waals surface area contributed by atoms with Gasteiger partial charge in [0.2, 0.25) is 0 Å². The van der Waals surface area contributed by atoms with Crippen LogP contribution < -0.4 is 0 Å². The third kappa shape index (κ3) is 51.3. The monoisotopic (exact) mass is 917 g/mol. The minimum absolute atomic E-state index is 0.107. The van der Waals surface area contributed by atoms with Crippen molar-refractivity contribution in [2.24, 2.45) is 0 Å². The summed E-state index contributed by atoms with van der Waals surface area (Å²) in [5, 5.41) is 0. The summed E-state index contributed by atoms with van der Waals surface area (Å²) in [4.78, 5) is 38.0. The molecule has 66 heavy (non-hydrogen) atoms. The summed E-state index contributed by atoms with van der Waals surface area (Å²) >= 11 is 0. The molecular weight excluding hydrogens is 817 g/mol. The van der Waals surface area contributed by atoms with Crippen LogP contribution in [0.5, 0.6) is 0 Å². The Morgan fingerprint density at radius 1 is 0.318 bits per heavy atom. The number of hydrogen-bond donors (Lipinski definition) is 0. The van der Waals surface area contributed by atoms with Crippen LogP contribution in [0, 0.1) is 0 Å². The van der Waals surface area contributed by atoms with Crippen LogP contribution in [0.4, 0.5) is 0 Å². The molecule has 0 fully saturated rings. The van der Waals surface area contributed by atoms with E-state index in [2.05, 4.69) is 118 Å². The molecular formula is C60H100O6. The van der Waals surface area contributed by atoms with Gasteiger partial charge in [-0.3, -0.25) is 14.4 Å². The van der Waals surface area contributed by atoms with Crippen molar-refractivity contribution in [2.75, 3.05) is 13.2 Å². The van der Waals surface area contributed by atoms with Crippen LogP contribution in [0.2, 0.25) is 0 Å². The molecule has 6 heteroatoms. The third-order valence-electron chi connectivity index (χ3n) is 11.3. The number of carbonyl (C=O) groups excluding carboxylic acids is 3. The number of rotatable bonds is 48. The SMILES string of the molecule is CC/C=C\C/C=C\C/C=C\C/C=C\C/C=C\CCCCCC(=O)OCC(COC(=O)CCCCCCCCCCCCCC)OC(=O)CCC/C=C\C/C=C\C/C=C\CCCCCCCC. The van der Waals surface area contributed by atoms with Crippen LogP contribution in [-0.4, -0.2) is 37.2 Å². The lowest BCUT2D eigenvalue weighted by atomic mass is 10.0. The van der Waals surface area contributed by atoms with Crippen molar-refractivity contribution in [1.82, 2.24) is 0 Å². The maximum atomic E-state index is 12.8. The van der Waals surface area contributed by atoms with E-state index in [4.69, 9.17) is 14.2 Å². The predicted octanol–water partition coefficient (Wildman–Crippen LogP) is 18.1. The van der Waals surface area contributed by atoms with Gasteiger partial charge < -0.3 is 14.2 Å². The Hall–Kier alpha value is -3.67. The highest BCUT2D eigenvalue weighted by atomic mass is 16.6. The number of allylic oxidation sites excluding steroid dienone is 16. The third-order valence-corrected chi connectivity index (χ3v) is 11.3. The largest absolute Gasteiger partial charge is 0.462 e. The molecule has 0 N–H and O–H groups in total. The summed E-state index contributed by atoms with van der Waals surface area (Å²) in [6.45, 7) is 6.44. The molecule has 0 aromatic rings. The fourth-order valence-corrected chi connectivity index (χ4v) is 7.25. The Morgan fingerprint density at radius 3 is 0.985 bits per heavy atom. The second-order valence-electron chi connectivity index (χ2n) is 17.8. The van der Waals surface area contributed by atoms with Crippen molar-refractivity contribution in [3.8, 4) is 0 Å². The van der Waals surface area contributed by atoms with Crippen LogP contribution in [-0.2, 0) is 28.6 Å². The lowest BCUT2D eigenvalue weighted by molar-refractivity contribution is -0.167. The first-order valence-corrected chi connectivity index (χ1v) is 27.2. The van der Waals surface area contributed by atoms with Gasteiger partial charge in [0.1, 0.15) is 13.2 Å². The first-order chi connectivity index (χ1) is 32.5. The first-order valence-electron chi connectivity index (χ1n) is 27.2. The molecule has 376 valence electrons. The van der Waals surface area contributed by atoms with Gasteiger partial charge in [-0.15, -0.1) is 0 Å². The van der Waals surface area contributed by atoms with Gasteiger partial charge in [-0.2, -0.15) is 0 Å². The van der Waals surface area contributed by atoms with Crippen LogP contribution in [0.1, 0.15) is 245 Å². The molecule has 0 heterocycles.